The fraction of sp³-hybridized carbons (Fsp3) is 0.250. The van der Waals surface area contributed by atoms with Crippen LogP contribution in [0.5, 0.6) is 0 Å². The van der Waals surface area contributed by atoms with Gasteiger partial charge < -0.3 is 0 Å². The lowest BCUT2D eigenvalue weighted by molar-refractivity contribution is 0.373. The van der Waals surface area contributed by atoms with Gasteiger partial charge in [0.25, 0.3) is 0 Å². The second kappa shape index (κ2) is 9.33. The summed E-state index contributed by atoms with van der Waals surface area (Å²) in [6, 6.07) is 0.605. The first-order valence-corrected chi connectivity index (χ1v) is 5.78. The number of aryl methyl sites for hydroxylation is 1. The SMILES string of the molecule is C.C.Cc1c(F)c(F)c(F)c(F)c1F.Cc1cc(F)c(F)c(F)c1F. The summed E-state index contributed by atoms with van der Waals surface area (Å²) in [6.45, 7) is 1.97. The fourth-order valence-electron chi connectivity index (χ4n) is 1.41. The van der Waals surface area contributed by atoms with Gasteiger partial charge in [0.1, 0.15) is 0 Å². The van der Waals surface area contributed by atoms with E-state index in [9.17, 15) is 39.5 Å². The van der Waals surface area contributed by atoms with Crippen molar-refractivity contribution in [1.82, 2.24) is 0 Å². The molecule has 0 heterocycles. The molecule has 0 nitrogen and oxygen atoms in total. The van der Waals surface area contributed by atoms with Gasteiger partial charge in [0, 0.05) is 5.56 Å². The van der Waals surface area contributed by atoms with Gasteiger partial charge in [-0.25, -0.2) is 39.5 Å². The minimum Gasteiger partial charge on any atom is -0.204 e. The number of benzene rings is 2. The van der Waals surface area contributed by atoms with E-state index in [-0.39, 0.29) is 20.4 Å². The van der Waals surface area contributed by atoms with Gasteiger partial charge in [0.2, 0.25) is 5.82 Å². The van der Waals surface area contributed by atoms with E-state index in [2.05, 4.69) is 0 Å². The van der Waals surface area contributed by atoms with Crippen molar-refractivity contribution >= 4 is 0 Å². The smallest absolute Gasteiger partial charge is 0.200 e. The van der Waals surface area contributed by atoms with Crippen LogP contribution in [-0.4, -0.2) is 0 Å². The van der Waals surface area contributed by atoms with E-state index in [4.69, 9.17) is 0 Å². The largest absolute Gasteiger partial charge is 0.204 e. The Kier molecular flexibility index (Phi) is 9.35. The number of rotatable bonds is 0. The van der Waals surface area contributed by atoms with Crippen molar-refractivity contribution in [3.63, 3.8) is 0 Å². The van der Waals surface area contributed by atoms with Gasteiger partial charge in [0.15, 0.2) is 46.5 Å². The Morgan fingerprint density at radius 1 is 0.480 bits per heavy atom. The first kappa shape index (κ1) is 25.1. The first-order valence-electron chi connectivity index (χ1n) is 5.78. The number of hydrogen-bond donors (Lipinski definition) is 0. The second-order valence-electron chi connectivity index (χ2n) is 4.31. The predicted molar refractivity (Wildman–Crippen MR) is 75.4 cm³/mol. The van der Waals surface area contributed by atoms with Crippen LogP contribution in [0.15, 0.2) is 6.07 Å². The quantitative estimate of drug-likeness (QED) is 0.278. The zero-order valence-corrected chi connectivity index (χ0v) is 11.5. The molecule has 0 bridgehead atoms. The monoisotopic (exact) mass is 378 g/mol. The highest BCUT2D eigenvalue weighted by Crippen LogP contribution is 2.21. The molecule has 0 atom stereocenters. The van der Waals surface area contributed by atoms with E-state index >= 15 is 0 Å². The molecule has 0 spiro atoms. The molecule has 0 fully saturated rings. The molecular weight excluding hydrogens is 363 g/mol. The average molecular weight is 378 g/mol. The highest BCUT2D eigenvalue weighted by molar-refractivity contribution is 5.22. The minimum atomic E-state index is -2.13. The van der Waals surface area contributed by atoms with Gasteiger partial charge in [-0.1, -0.05) is 14.9 Å². The van der Waals surface area contributed by atoms with E-state index < -0.39 is 57.9 Å². The summed E-state index contributed by atoms with van der Waals surface area (Å²) in [6.07, 6.45) is 0. The summed E-state index contributed by atoms with van der Waals surface area (Å²) in [5.74, 6) is -15.8. The van der Waals surface area contributed by atoms with Crippen molar-refractivity contribution in [2.24, 2.45) is 0 Å². The molecule has 9 heteroatoms. The van der Waals surface area contributed by atoms with E-state index in [1.54, 1.807) is 0 Å². The van der Waals surface area contributed by atoms with Crippen LogP contribution in [0.3, 0.4) is 0 Å². The van der Waals surface area contributed by atoms with E-state index in [0.29, 0.717) is 6.07 Å². The molecule has 142 valence electrons. The number of hydrogen-bond acceptors (Lipinski definition) is 0. The number of halogens is 9. The fourth-order valence-corrected chi connectivity index (χ4v) is 1.41. The molecule has 0 amide bonds. The Morgan fingerprint density at radius 3 is 1.20 bits per heavy atom. The standard InChI is InChI=1S/C7H3F5.C7H4F4.2CH4/c1-2-3(8)5(10)7(12)6(11)4(2)9;1-3-2-4(8)6(10)7(11)5(3)9;;/h1H3;2H,1H3;2*1H4. The topological polar surface area (TPSA) is 0 Å². The molecule has 2 rings (SSSR count). The van der Waals surface area contributed by atoms with Crippen molar-refractivity contribution in [1.29, 1.82) is 0 Å². The van der Waals surface area contributed by atoms with Gasteiger partial charge in [0.05, 0.1) is 0 Å². The first-order chi connectivity index (χ1) is 10.5. The highest BCUT2D eigenvalue weighted by atomic mass is 19.2. The average Bonchev–Trinajstić information content (AvgIpc) is 2.53. The van der Waals surface area contributed by atoms with Crippen molar-refractivity contribution in [3.05, 3.63) is 69.5 Å². The third-order valence-electron chi connectivity index (χ3n) is 2.71. The molecule has 2 aromatic rings. The summed E-state index contributed by atoms with van der Waals surface area (Å²) in [4.78, 5) is 0. The maximum Gasteiger partial charge on any atom is 0.200 e. The summed E-state index contributed by atoms with van der Waals surface area (Å²) in [5.41, 5.74) is -1.12. The van der Waals surface area contributed by atoms with Gasteiger partial charge in [-0.05, 0) is 25.5 Å². The molecule has 0 unspecified atom stereocenters. The van der Waals surface area contributed by atoms with Gasteiger partial charge in [-0.2, -0.15) is 0 Å². The molecule has 0 N–H and O–H groups in total. The Labute approximate surface area is 138 Å². The lowest BCUT2D eigenvalue weighted by Gasteiger charge is -2.02. The molecule has 0 aliphatic rings. The van der Waals surface area contributed by atoms with Crippen LogP contribution < -0.4 is 0 Å². The highest BCUT2D eigenvalue weighted by Gasteiger charge is 2.22. The molecule has 2 aromatic carbocycles. The van der Waals surface area contributed by atoms with Crippen LogP contribution in [-0.2, 0) is 0 Å². The zero-order chi connectivity index (χ0) is 18.1. The van der Waals surface area contributed by atoms with Crippen LogP contribution >= 0.6 is 0 Å². The van der Waals surface area contributed by atoms with Crippen LogP contribution in [0.4, 0.5) is 39.5 Å². The summed E-state index contributed by atoms with van der Waals surface area (Å²) in [5, 5.41) is 0. The Balaban J connectivity index is 0. The van der Waals surface area contributed by atoms with Crippen molar-refractivity contribution in [3.8, 4) is 0 Å². The summed E-state index contributed by atoms with van der Waals surface area (Å²) in [7, 11) is 0. The van der Waals surface area contributed by atoms with E-state index in [1.807, 2.05) is 0 Å². The molecule has 0 aliphatic heterocycles. The Morgan fingerprint density at radius 2 is 0.800 bits per heavy atom. The van der Waals surface area contributed by atoms with Crippen LogP contribution in [0.1, 0.15) is 26.0 Å². The van der Waals surface area contributed by atoms with Crippen LogP contribution in [0.25, 0.3) is 0 Å². The van der Waals surface area contributed by atoms with Crippen molar-refractivity contribution in [2.75, 3.05) is 0 Å². The third kappa shape index (κ3) is 4.90. The normalized spacial score (nSPS) is 9.56. The predicted octanol–water partition coefficient (Wildman–Crippen LogP) is 6.51. The van der Waals surface area contributed by atoms with Gasteiger partial charge in [-0.15, -0.1) is 0 Å². The second-order valence-corrected chi connectivity index (χ2v) is 4.31. The maximum absolute atomic E-state index is 12.4. The van der Waals surface area contributed by atoms with E-state index in [1.165, 1.54) is 0 Å². The molecule has 0 radical (unpaired) electrons. The molecule has 0 aliphatic carbocycles. The molecule has 25 heavy (non-hydrogen) atoms. The third-order valence-corrected chi connectivity index (χ3v) is 2.71. The van der Waals surface area contributed by atoms with Crippen molar-refractivity contribution in [2.45, 2.75) is 28.7 Å². The summed E-state index contributed by atoms with van der Waals surface area (Å²) >= 11 is 0. The lowest BCUT2D eigenvalue weighted by atomic mass is 10.2. The molecule has 0 saturated heterocycles. The van der Waals surface area contributed by atoms with Crippen LogP contribution in [0, 0.1) is 66.2 Å². The van der Waals surface area contributed by atoms with Crippen molar-refractivity contribution < 1.29 is 39.5 Å². The molecule has 0 aromatic heterocycles. The molecular formula is C16H15F9. The van der Waals surface area contributed by atoms with Gasteiger partial charge in [-0.3, -0.25) is 0 Å². The Bertz CT molecular complexity index is 623. The van der Waals surface area contributed by atoms with E-state index in [0.717, 1.165) is 13.8 Å². The molecule has 0 saturated carbocycles. The Hall–Kier alpha value is -2.19. The minimum absolute atomic E-state index is 0. The lowest BCUT2D eigenvalue weighted by Crippen LogP contribution is -2.03. The van der Waals surface area contributed by atoms with Crippen LogP contribution in [0.2, 0.25) is 0 Å². The zero-order valence-electron chi connectivity index (χ0n) is 11.5. The summed E-state index contributed by atoms with van der Waals surface area (Å²) < 4.78 is 111. The maximum atomic E-state index is 12.4. The van der Waals surface area contributed by atoms with Gasteiger partial charge >= 0.3 is 0 Å².